The van der Waals surface area contributed by atoms with Gasteiger partial charge in [-0.05, 0) is 25.0 Å². The largest absolute Gasteiger partial charge is 0.368 e. The molecule has 1 aromatic heterocycles. The molecule has 0 unspecified atom stereocenters. The summed E-state index contributed by atoms with van der Waals surface area (Å²) in [6, 6.07) is 3.27. The molecule has 0 atom stereocenters. The van der Waals surface area contributed by atoms with Crippen LogP contribution in [0.3, 0.4) is 0 Å². The summed E-state index contributed by atoms with van der Waals surface area (Å²) in [5.74, 6) is 0.738. The molecule has 3 N–H and O–H groups in total. The molecular weight excluding hydrogens is 270 g/mol. The normalized spacial score (nSPS) is 10.3. The van der Waals surface area contributed by atoms with Gasteiger partial charge in [-0.2, -0.15) is 0 Å². The van der Waals surface area contributed by atoms with E-state index in [1.165, 1.54) is 0 Å². The van der Waals surface area contributed by atoms with E-state index < -0.39 is 0 Å². The van der Waals surface area contributed by atoms with E-state index in [1.54, 1.807) is 12.1 Å². The van der Waals surface area contributed by atoms with Crippen LogP contribution < -0.4 is 16.0 Å². The van der Waals surface area contributed by atoms with Crippen molar-refractivity contribution in [2.45, 2.75) is 27.2 Å². The third-order valence-electron chi connectivity index (χ3n) is 2.60. The quantitative estimate of drug-likeness (QED) is 0.659. The zero-order chi connectivity index (χ0) is 15.7. The predicted octanol–water partition coefficient (Wildman–Crippen LogP) is 0.800. The fourth-order valence-corrected chi connectivity index (χ4v) is 1.51. The van der Waals surface area contributed by atoms with Gasteiger partial charge in [0, 0.05) is 26.1 Å². The van der Waals surface area contributed by atoms with E-state index in [2.05, 4.69) is 26.1 Å². The molecule has 0 saturated carbocycles. The summed E-state index contributed by atoms with van der Waals surface area (Å²) in [7, 11) is 0. The third-order valence-corrected chi connectivity index (χ3v) is 2.60. The number of carbonyl (C=O) groups is 2. The van der Waals surface area contributed by atoms with Crippen LogP contribution in [0.25, 0.3) is 0 Å². The van der Waals surface area contributed by atoms with Crippen molar-refractivity contribution >= 4 is 17.6 Å². The Labute approximate surface area is 124 Å². The van der Waals surface area contributed by atoms with Crippen LogP contribution in [-0.2, 0) is 4.79 Å². The topological polar surface area (TPSA) is 96.0 Å². The van der Waals surface area contributed by atoms with Gasteiger partial charge in [0.05, 0.1) is 0 Å². The zero-order valence-electron chi connectivity index (χ0n) is 12.8. The van der Waals surface area contributed by atoms with Gasteiger partial charge >= 0.3 is 0 Å². The molecule has 0 aliphatic carbocycles. The number of aromatic nitrogens is 2. The van der Waals surface area contributed by atoms with Crippen LogP contribution in [-0.4, -0.2) is 41.6 Å². The van der Waals surface area contributed by atoms with Crippen molar-refractivity contribution in [1.82, 2.24) is 20.8 Å². The molecular formula is C14H23N5O2. The van der Waals surface area contributed by atoms with Crippen molar-refractivity contribution in [3.05, 3.63) is 17.8 Å². The molecule has 0 aromatic carbocycles. The Bertz CT molecular complexity index is 459. The fraction of sp³-hybridized carbons (Fsp3) is 0.571. The zero-order valence-corrected chi connectivity index (χ0v) is 12.8. The van der Waals surface area contributed by atoms with Gasteiger partial charge < -0.3 is 16.0 Å². The Balaban J connectivity index is 2.33. The van der Waals surface area contributed by atoms with E-state index in [9.17, 15) is 9.59 Å². The average Bonchev–Trinajstić information content (AvgIpc) is 2.46. The van der Waals surface area contributed by atoms with Crippen molar-refractivity contribution in [1.29, 1.82) is 0 Å². The Hall–Kier alpha value is -2.18. The average molecular weight is 293 g/mol. The van der Waals surface area contributed by atoms with E-state index >= 15 is 0 Å². The highest BCUT2D eigenvalue weighted by Gasteiger charge is 2.07. The standard InChI is InChI=1S/C14H23N5O2/c1-4-15-14(21)11-5-6-12(19-18-11)16-8-7-13(20)17-9-10(2)3/h5-6,10H,4,7-9H2,1-3H3,(H,15,21)(H,16,19)(H,17,20). The van der Waals surface area contributed by atoms with E-state index in [0.29, 0.717) is 37.8 Å². The molecule has 2 amide bonds. The van der Waals surface area contributed by atoms with Gasteiger partial charge in [0.1, 0.15) is 5.82 Å². The van der Waals surface area contributed by atoms with Gasteiger partial charge in [-0.3, -0.25) is 9.59 Å². The summed E-state index contributed by atoms with van der Waals surface area (Å²) >= 11 is 0. The number of hydrogen-bond acceptors (Lipinski definition) is 5. The van der Waals surface area contributed by atoms with Crippen LogP contribution in [0.15, 0.2) is 12.1 Å². The number of hydrogen-bond donors (Lipinski definition) is 3. The Morgan fingerprint density at radius 3 is 2.52 bits per heavy atom. The molecule has 7 heteroatoms. The lowest BCUT2D eigenvalue weighted by atomic mass is 10.2. The van der Waals surface area contributed by atoms with E-state index in [1.807, 2.05) is 20.8 Å². The van der Waals surface area contributed by atoms with E-state index in [-0.39, 0.29) is 17.5 Å². The number of nitrogens with zero attached hydrogens (tertiary/aromatic N) is 2. The summed E-state index contributed by atoms with van der Waals surface area (Å²) in [5, 5.41) is 16.2. The SMILES string of the molecule is CCNC(=O)c1ccc(NCCC(=O)NCC(C)C)nn1. The highest BCUT2D eigenvalue weighted by Crippen LogP contribution is 2.02. The molecule has 0 fully saturated rings. The van der Waals surface area contributed by atoms with Gasteiger partial charge in [0.25, 0.3) is 5.91 Å². The number of nitrogens with one attached hydrogen (secondary N) is 3. The minimum absolute atomic E-state index is 0.00287. The first kappa shape index (κ1) is 16.9. The van der Waals surface area contributed by atoms with Crippen LogP contribution in [0, 0.1) is 5.92 Å². The molecule has 1 aromatic rings. The lowest BCUT2D eigenvalue weighted by Gasteiger charge is -2.08. The number of rotatable bonds is 8. The molecule has 0 spiro atoms. The van der Waals surface area contributed by atoms with Crippen LogP contribution in [0.5, 0.6) is 0 Å². The summed E-state index contributed by atoms with van der Waals surface area (Å²) in [5.41, 5.74) is 0.275. The smallest absolute Gasteiger partial charge is 0.271 e. The first-order valence-electron chi connectivity index (χ1n) is 7.15. The molecule has 21 heavy (non-hydrogen) atoms. The molecule has 0 saturated heterocycles. The Kier molecular flexibility index (Phi) is 7.14. The molecule has 0 aliphatic heterocycles. The van der Waals surface area contributed by atoms with Crippen molar-refractivity contribution in [3.8, 4) is 0 Å². The van der Waals surface area contributed by atoms with Crippen LogP contribution in [0.4, 0.5) is 5.82 Å². The second kappa shape index (κ2) is 8.89. The number of carbonyl (C=O) groups excluding carboxylic acids is 2. The van der Waals surface area contributed by atoms with Crippen LogP contribution in [0.1, 0.15) is 37.7 Å². The predicted molar refractivity (Wildman–Crippen MR) is 81.0 cm³/mol. The van der Waals surface area contributed by atoms with Gasteiger partial charge in [0.2, 0.25) is 5.91 Å². The van der Waals surface area contributed by atoms with E-state index in [4.69, 9.17) is 0 Å². The first-order valence-corrected chi connectivity index (χ1v) is 7.15. The highest BCUT2D eigenvalue weighted by molar-refractivity contribution is 5.92. The second-order valence-corrected chi connectivity index (χ2v) is 5.04. The van der Waals surface area contributed by atoms with Crippen molar-refractivity contribution in [3.63, 3.8) is 0 Å². The van der Waals surface area contributed by atoms with Gasteiger partial charge in [-0.15, -0.1) is 10.2 Å². The molecule has 116 valence electrons. The summed E-state index contributed by atoms with van der Waals surface area (Å²) in [6.45, 7) is 7.63. The second-order valence-electron chi connectivity index (χ2n) is 5.04. The third kappa shape index (κ3) is 6.69. The summed E-state index contributed by atoms with van der Waals surface area (Å²) in [6.07, 6.45) is 0.368. The molecule has 1 heterocycles. The molecule has 7 nitrogen and oxygen atoms in total. The summed E-state index contributed by atoms with van der Waals surface area (Å²) in [4.78, 5) is 23.0. The molecule has 0 radical (unpaired) electrons. The van der Waals surface area contributed by atoms with E-state index in [0.717, 1.165) is 0 Å². The van der Waals surface area contributed by atoms with Crippen molar-refractivity contribution in [2.75, 3.05) is 25.0 Å². The maximum Gasteiger partial charge on any atom is 0.271 e. The van der Waals surface area contributed by atoms with Crippen molar-refractivity contribution < 1.29 is 9.59 Å². The lowest BCUT2D eigenvalue weighted by Crippen LogP contribution is -2.28. The number of anilines is 1. The lowest BCUT2D eigenvalue weighted by molar-refractivity contribution is -0.120. The molecule has 0 aliphatic rings. The first-order chi connectivity index (χ1) is 10.0. The van der Waals surface area contributed by atoms with Gasteiger partial charge in [0.15, 0.2) is 5.69 Å². The molecule has 0 bridgehead atoms. The number of amides is 2. The maximum absolute atomic E-state index is 11.5. The Morgan fingerprint density at radius 2 is 1.95 bits per heavy atom. The maximum atomic E-state index is 11.5. The van der Waals surface area contributed by atoms with Crippen LogP contribution in [0.2, 0.25) is 0 Å². The Morgan fingerprint density at radius 1 is 1.19 bits per heavy atom. The highest BCUT2D eigenvalue weighted by atomic mass is 16.2. The fourth-order valence-electron chi connectivity index (χ4n) is 1.51. The molecule has 1 rings (SSSR count). The minimum Gasteiger partial charge on any atom is -0.368 e. The monoisotopic (exact) mass is 293 g/mol. The van der Waals surface area contributed by atoms with Crippen LogP contribution >= 0.6 is 0 Å². The van der Waals surface area contributed by atoms with Gasteiger partial charge in [-0.1, -0.05) is 13.8 Å². The van der Waals surface area contributed by atoms with Gasteiger partial charge in [-0.25, -0.2) is 0 Å². The van der Waals surface area contributed by atoms with Crippen molar-refractivity contribution in [2.24, 2.45) is 5.92 Å². The minimum atomic E-state index is -0.246. The summed E-state index contributed by atoms with van der Waals surface area (Å²) < 4.78 is 0.